The number of ketones is 1. The average Bonchev–Trinajstić information content (AvgIpc) is 2.34. The summed E-state index contributed by atoms with van der Waals surface area (Å²) in [4.78, 5) is 14.2. The second kappa shape index (κ2) is 7.70. The minimum absolute atomic E-state index is 0.221. The van der Waals surface area contributed by atoms with Crippen LogP contribution >= 0.6 is 15.9 Å². The van der Waals surface area contributed by atoms with E-state index in [0.29, 0.717) is 6.42 Å². The minimum atomic E-state index is 0.221. The zero-order chi connectivity index (χ0) is 13.5. The molecule has 0 radical (unpaired) electrons. The third-order valence-electron chi connectivity index (χ3n) is 2.97. The number of Topliss-reactive ketones (excluding diaryl/α,β-unsaturated/α-hetero) is 1. The van der Waals surface area contributed by atoms with Crippen molar-refractivity contribution in [1.82, 2.24) is 4.90 Å². The number of halogens is 1. The molecule has 0 bridgehead atoms. The molecule has 0 spiro atoms. The number of carbonyl (C=O) groups is 1. The van der Waals surface area contributed by atoms with Crippen LogP contribution < -0.4 is 0 Å². The lowest BCUT2D eigenvalue weighted by molar-refractivity contribution is 0.0968. The fraction of sp³-hybridized carbons (Fsp3) is 0.533. The van der Waals surface area contributed by atoms with Crippen LogP contribution in [-0.4, -0.2) is 30.8 Å². The van der Waals surface area contributed by atoms with Gasteiger partial charge in [-0.05, 0) is 38.1 Å². The maximum Gasteiger partial charge on any atom is 0.164 e. The van der Waals surface area contributed by atoms with Gasteiger partial charge >= 0.3 is 0 Å². The summed E-state index contributed by atoms with van der Waals surface area (Å²) in [6, 6.07) is 7.58. The summed E-state index contributed by atoms with van der Waals surface area (Å²) in [7, 11) is 2.08. The molecule has 1 aromatic carbocycles. The van der Waals surface area contributed by atoms with Crippen molar-refractivity contribution in [2.45, 2.75) is 26.7 Å². The van der Waals surface area contributed by atoms with Crippen molar-refractivity contribution in [3.05, 3.63) is 34.3 Å². The molecule has 0 saturated heterocycles. The van der Waals surface area contributed by atoms with E-state index in [4.69, 9.17) is 0 Å². The van der Waals surface area contributed by atoms with E-state index in [1.54, 1.807) is 0 Å². The van der Waals surface area contributed by atoms with Crippen LogP contribution in [-0.2, 0) is 0 Å². The maximum absolute atomic E-state index is 12.0. The van der Waals surface area contributed by atoms with Gasteiger partial charge in [-0.25, -0.2) is 0 Å². The molecule has 100 valence electrons. The van der Waals surface area contributed by atoms with Crippen molar-refractivity contribution in [3.63, 3.8) is 0 Å². The van der Waals surface area contributed by atoms with Crippen LogP contribution in [0.3, 0.4) is 0 Å². The Labute approximate surface area is 119 Å². The number of carbonyl (C=O) groups excluding carboxylic acids is 1. The number of hydrogen-bond acceptors (Lipinski definition) is 2. The number of nitrogens with zero attached hydrogens (tertiary/aromatic N) is 1. The molecule has 1 rings (SSSR count). The fourth-order valence-corrected chi connectivity index (χ4v) is 1.93. The Morgan fingerprint density at radius 1 is 1.22 bits per heavy atom. The summed E-state index contributed by atoms with van der Waals surface area (Å²) < 4.78 is 1.01. The van der Waals surface area contributed by atoms with E-state index >= 15 is 0 Å². The Morgan fingerprint density at radius 2 is 1.83 bits per heavy atom. The first kappa shape index (κ1) is 15.4. The molecule has 0 aliphatic carbocycles. The first-order chi connectivity index (χ1) is 8.49. The van der Waals surface area contributed by atoms with Crippen molar-refractivity contribution in [3.8, 4) is 0 Å². The van der Waals surface area contributed by atoms with Crippen LogP contribution in [0.2, 0.25) is 0 Å². The van der Waals surface area contributed by atoms with Gasteiger partial charge in [-0.15, -0.1) is 0 Å². The zero-order valence-electron chi connectivity index (χ0n) is 11.4. The summed E-state index contributed by atoms with van der Waals surface area (Å²) in [5, 5.41) is 0. The van der Waals surface area contributed by atoms with Gasteiger partial charge in [0, 0.05) is 23.0 Å². The standard InChI is InChI=1S/C15H22BrNO/c1-12(2)8-10-17(3)11-9-15(18)13-4-6-14(16)7-5-13/h4-7,12H,8-11H2,1-3H3. The highest BCUT2D eigenvalue weighted by atomic mass is 79.9. The maximum atomic E-state index is 12.0. The summed E-state index contributed by atoms with van der Waals surface area (Å²) in [6.07, 6.45) is 1.78. The van der Waals surface area contributed by atoms with Gasteiger partial charge in [0.05, 0.1) is 0 Å². The number of hydrogen-bond donors (Lipinski definition) is 0. The lowest BCUT2D eigenvalue weighted by atomic mass is 10.1. The highest BCUT2D eigenvalue weighted by Crippen LogP contribution is 2.12. The van der Waals surface area contributed by atoms with Crippen LogP contribution in [0.5, 0.6) is 0 Å². The molecule has 0 aliphatic heterocycles. The van der Waals surface area contributed by atoms with Crippen molar-refractivity contribution < 1.29 is 4.79 Å². The second-order valence-electron chi connectivity index (χ2n) is 5.17. The highest BCUT2D eigenvalue weighted by Gasteiger charge is 2.07. The molecule has 0 N–H and O–H groups in total. The predicted octanol–water partition coefficient (Wildman–Crippen LogP) is 4.00. The largest absolute Gasteiger partial charge is 0.306 e. The third kappa shape index (κ3) is 5.78. The van der Waals surface area contributed by atoms with Gasteiger partial charge in [0.15, 0.2) is 5.78 Å². The molecule has 18 heavy (non-hydrogen) atoms. The molecule has 0 aromatic heterocycles. The van der Waals surface area contributed by atoms with E-state index in [1.165, 1.54) is 6.42 Å². The lowest BCUT2D eigenvalue weighted by Crippen LogP contribution is -2.24. The molecule has 0 aliphatic rings. The smallest absolute Gasteiger partial charge is 0.164 e. The van der Waals surface area contributed by atoms with Gasteiger partial charge < -0.3 is 4.90 Å². The Morgan fingerprint density at radius 3 is 2.39 bits per heavy atom. The van der Waals surface area contributed by atoms with Crippen molar-refractivity contribution in [1.29, 1.82) is 0 Å². The quantitative estimate of drug-likeness (QED) is 0.709. The molecule has 0 fully saturated rings. The van der Waals surface area contributed by atoms with E-state index in [2.05, 4.69) is 41.7 Å². The first-order valence-electron chi connectivity index (χ1n) is 6.46. The van der Waals surface area contributed by atoms with E-state index in [1.807, 2.05) is 24.3 Å². The molecular formula is C15H22BrNO. The van der Waals surface area contributed by atoms with Crippen molar-refractivity contribution in [2.24, 2.45) is 5.92 Å². The summed E-state index contributed by atoms with van der Waals surface area (Å²) in [5.74, 6) is 0.938. The van der Waals surface area contributed by atoms with E-state index < -0.39 is 0 Å². The summed E-state index contributed by atoms with van der Waals surface area (Å²) in [5.41, 5.74) is 0.801. The van der Waals surface area contributed by atoms with Gasteiger partial charge in [-0.1, -0.05) is 41.9 Å². The highest BCUT2D eigenvalue weighted by molar-refractivity contribution is 9.10. The van der Waals surface area contributed by atoms with E-state index in [-0.39, 0.29) is 5.78 Å². The summed E-state index contributed by atoms with van der Waals surface area (Å²) >= 11 is 3.37. The molecule has 0 atom stereocenters. The van der Waals surface area contributed by atoms with Gasteiger partial charge in [0.2, 0.25) is 0 Å². The van der Waals surface area contributed by atoms with Crippen LogP contribution in [0.15, 0.2) is 28.7 Å². The SMILES string of the molecule is CC(C)CCN(C)CCC(=O)c1ccc(Br)cc1. The van der Waals surface area contributed by atoms with Gasteiger partial charge in [0.1, 0.15) is 0 Å². The van der Waals surface area contributed by atoms with Crippen molar-refractivity contribution >= 4 is 21.7 Å². The Balaban J connectivity index is 2.34. The normalized spacial score (nSPS) is 11.2. The van der Waals surface area contributed by atoms with Crippen molar-refractivity contribution in [2.75, 3.05) is 20.1 Å². The molecule has 3 heteroatoms. The molecular weight excluding hydrogens is 290 g/mol. The molecule has 0 heterocycles. The van der Waals surface area contributed by atoms with Crippen LogP contribution in [0.25, 0.3) is 0 Å². The van der Waals surface area contributed by atoms with Gasteiger partial charge in [-0.3, -0.25) is 4.79 Å². The fourth-order valence-electron chi connectivity index (χ4n) is 1.66. The summed E-state index contributed by atoms with van der Waals surface area (Å²) in [6.45, 7) is 6.34. The molecule has 0 saturated carbocycles. The predicted molar refractivity (Wildman–Crippen MR) is 80.0 cm³/mol. The molecule has 0 amide bonds. The van der Waals surface area contributed by atoms with Crippen LogP contribution in [0.4, 0.5) is 0 Å². The van der Waals surface area contributed by atoms with Gasteiger partial charge in [0.25, 0.3) is 0 Å². The zero-order valence-corrected chi connectivity index (χ0v) is 13.0. The molecule has 1 aromatic rings. The average molecular weight is 312 g/mol. The number of rotatable bonds is 7. The Hall–Kier alpha value is -0.670. The van der Waals surface area contributed by atoms with Crippen LogP contribution in [0.1, 0.15) is 37.0 Å². The monoisotopic (exact) mass is 311 g/mol. The first-order valence-corrected chi connectivity index (χ1v) is 7.25. The molecule has 0 unspecified atom stereocenters. The van der Waals surface area contributed by atoms with Gasteiger partial charge in [-0.2, -0.15) is 0 Å². The Bertz CT molecular complexity index is 373. The van der Waals surface area contributed by atoms with E-state index in [9.17, 15) is 4.79 Å². The third-order valence-corrected chi connectivity index (χ3v) is 3.50. The van der Waals surface area contributed by atoms with E-state index in [0.717, 1.165) is 29.0 Å². The van der Waals surface area contributed by atoms with Crippen LogP contribution in [0, 0.1) is 5.92 Å². The number of benzene rings is 1. The minimum Gasteiger partial charge on any atom is -0.306 e. The topological polar surface area (TPSA) is 20.3 Å². The second-order valence-corrected chi connectivity index (χ2v) is 6.08. The molecule has 2 nitrogen and oxygen atoms in total. The lowest BCUT2D eigenvalue weighted by Gasteiger charge is -2.17. The Kier molecular flexibility index (Phi) is 6.58.